The molecule has 0 spiro atoms. The van der Waals surface area contributed by atoms with Gasteiger partial charge in [0.25, 0.3) is 0 Å². The molecule has 0 N–H and O–H groups in total. The van der Waals surface area contributed by atoms with Crippen LogP contribution in [0.4, 0.5) is 0 Å². The minimum atomic E-state index is -0.397. The lowest BCUT2D eigenvalue weighted by atomic mass is 10.0. The number of halogens is 3. The molecule has 21 heavy (non-hydrogen) atoms. The normalized spacial score (nSPS) is 14.9. The Kier molecular flexibility index (Phi) is 4.21. The molecule has 0 saturated carbocycles. The van der Waals surface area contributed by atoms with Crippen molar-refractivity contribution >= 4 is 34.8 Å². The minimum absolute atomic E-state index is 0.397. The van der Waals surface area contributed by atoms with Crippen molar-refractivity contribution in [3.63, 3.8) is 0 Å². The zero-order chi connectivity index (χ0) is 15.0. The molecule has 0 aliphatic carbocycles. The number of alkyl halides is 1. The number of rotatable bonds is 2. The van der Waals surface area contributed by atoms with Crippen LogP contribution in [0, 0.1) is 6.92 Å². The summed E-state index contributed by atoms with van der Waals surface area (Å²) in [5.74, 6) is 1.32. The zero-order valence-corrected chi connectivity index (χ0v) is 13.6. The van der Waals surface area contributed by atoms with Crippen molar-refractivity contribution in [2.45, 2.75) is 12.3 Å². The monoisotopic (exact) mass is 342 g/mol. The van der Waals surface area contributed by atoms with Crippen molar-refractivity contribution in [3.05, 3.63) is 57.1 Å². The number of ether oxygens (including phenoxy) is 2. The molecule has 2 nitrogen and oxygen atoms in total. The lowest BCUT2D eigenvalue weighted by molar-refractivity contribution is 0.171. The number of hydrogen-bond donors (Lipinski definition) is 0. The molecule has 0 aromatic heterocycles. The van der Waals surface area contributed by atoms with Crippen molar-refractivity contribution in [3.8, 4) is 11.5 Å². The van der Waals surface area contributed by atoms with Crippen LogP contribution in [-0.4, -0.2) is 13.2 Å². The van der Waals surface area contributed by atoms with Gasteiger partial charge in [0.2, 0.25) is 0 Å². The van der Waals surface area contributed by atoms with Crippen LogP contribution in [-0.2, 0) is 0 Å². The van der Waals surface area contributed by atoms with Gasteiger partial charge in [0.1, 0.15) is 13.2 Å². The molecule has 2 aromatic carbocycles. The quantitative estimate of drug-likeness (QED) is 0.680. The topological polar surface area (TPSA) is 18.5 Å². The Bertz CT molecular complexity index is 685. The maximum Gasteiger partial charge on any atom is 0.162 e. The number of fused-ring (bicyclic) bond motifs is 1. The SMILES string of the molecule is Cc1ccc(C(Cl)c2cc3c(cc2Cl)OCCO3)cc1Cl. The molecule has 5 heteroatoms. The van der Waals surface area contributed by atoms with E-state index in [1.54, 1.807) is 6.07 Å². The van der Waals surface area contributed by atoms with Gasteiger partial charge in [-0.1, -0.05) is 35.3 Å². The Morgan fingerprint density at radius 3 is 2.29 bits per heavy atom. The highest BCUT2D eigenvalue weighted by atomic mass is 35.5. The average Bonchev–Trinajstić information content (AvgIpc) is 2.48. The predicted molar refractivity (Wildman–Crippen MR) is 86.3 cm³/mol. The zero-order valence-electron chi connectivity index (χ0n) is 11.3. The van der Waals surface area contributed by atoms with E-state index in [0.717, 1.165) is 16.7 Å². The van der Waals surface area contributed by atoms with Crippen LogP contribution in [0.15, 0.2) is 30.3 Å². The second-order valence-corrected chi connectivity index (χ2v) is 6.14. The molecule has 1 aliphatic rings. The summed E-state index contributed by atoms with van der Waals surface area (Å²) >= 11 is 19.1. The first-order valence-corrected chi connectivity index (χ1v) is 7.74. The van der Waals surface area contributed by atoms with Gasteiger partial charge in [-0.15, -0.1) is 11.6 Å². The molecule has 3 rings (SSSR count). The van der Waals surface area contributed by atoms with Crippen LogP contribution in [0.5, 0.6) is 11.5 Å². The van der Waals surface area contributed by atoms with Crippen LogP contribution >= 0.6 is 34.8 Å². The maximum absolute atomic E-state index is 6.56. The summed E-state index contributed by atoms with van der Waals surface area (Å²) in [6.45, 7) is 3.00. The fraction of sp³-hybridized carbons (Fsp3) is 0.250. The van der Waals surface area contributed by atoms with Gasteiger partial charge in [-0.25, -0.2) is 0 Å². The third-order valence-corrected chi connectivity index (χ3v) is 4.64. The molecule has 1 atom stereocenters. The van der Waals surface area contributed by atoms with Gasteiger partial charge in [0.05, 0.1) is 5.38 Å². The minimum Gasteiger partial charge on any atom is -0.486 e. The van der Waals surface area contributed by atoms with E-state index in [-0.39, 0.29) is 0 Å². The fourth-order valence-corrected chi connectivity index (χ4v) is 3.04. The Balaban J connectivity index is 2.00. The van der Waals surface area contributed by atoms with Crippen LogP contribution in [0.3, 0.4) is 0 Å². The molecule has 1 heterocycles. The van der Waals surface area contributed by atoms with Crippen molar-refractivity contribution in [1.29, 1.82) is 0 Å². The second kappa shape index (κ2) is 5.96. The summed E-state index contributed by atoms with van der Waals surface area (Å²) in [4.78, 5) is 0. The molecule has 0 fully saturated rings. The average molecular weight is 344 g/mol. The van der Waals surface area contributed by atoms with Crippen LogP contribution in [0.2, 0.25) is 10.0 Å². The summed E-state index contributed by atoms with van der Waals surface area (Å²) in [6, 6.07) is 9.34. The van der Waals surface area contributed by atoms with Crippen molar-refractivity contribution in [2.24, 2.45) is 0 Å². The van der Waals surface area contributed by atoms with Gasteiger partial charge in [-0.05, 0) is 35.7 Å². The van der Waals surface area contributed by atoms with Crippen LogP contribution in [0.1, 0.15) is 22.1 Å². The van der Waals surface area contributed by atoms with E-state index in [1.807, 2.05) is 31.2 Å². The molecule has 0 amide bonds. The van der Waals surface area contributed by atoms with E-state index in [4.69, 9.17) is 44.3 Å². The van der Waals surface area contributed by atoms with Crippen LogP contribution < -0.4 is 9.47 Å². The van der Waals surface area contributed by atoms with Gasteiger partial charge in [-0.2, -0.15) is 0 Å². The molecule has 0 saturated heterocycles. The Labute approximate surface area is 138 Å². The van der Waals surface area contributed by atoms with Gasteiger partial charge in [0, 0.05) is 16.1 Å². The van der Waals surface area contributed by atoms with Gasteiger partial charge in [0.15, 0.2) is 11.5 Å². The third-order valence-electron chi connectivity index (χ3n) is 3.42. The molecule has 1 aliphatic heterocycles. The second-order valence-electron chi connectivity index (χ2n) is 4.89. The molecule has 2 aromatic rings. The standard InChI is InChI=1S/C16H13Cl3O2/c1-9-2-3-10(6-12(9)17)16(19)11-7-14-15(8-13(11)18)21-5-4-20-14/h2-3,6-8,16H,4-5H2,1H3. The van der Waals surface area contributed by atoms with Crippen molar-refractivity contribution in [1.82, 2.24) is 0 Å². The molecular formula is C16H13Cl3O2. The highest BCUT2D eigenvalue weighted by Gasteiger charge is 2.20. The predicted octanol–water partition coefficient (Wildman–Crippen LogP) is 5.40. The van der Waals surface area contributed by atoms with Crippen LogP contribution in [0.25, 0.3) is 0 Å². The maximum atomic E-state index is 6.56. The van der Waals surface area contributed by atoms with E-state index < -0.39 is 5.38 Å². The first kappa shape index (κ1) is 14.8. The van der Waals surface area contributed by atoms with E-state index in [0.29, 0.717) is 34.8 Å². The smallest absolute Gasteiger partial charge is 0.162 e. The van der Waals surface area contributed by atoms with E-state index in [2.05, 4.69) is 0 Å². The molecule has 110 valence electrons. The highest BCUT2D eigenvalue weighted by Crippen LogP contribution is 2.42. The summed E-state index contributed by atoms with van der Waals surface area (Å²) in [5, 5.41) is 0.842. The largest absolute Gasteiger partial charge is 0.486 e. The van der Waals surface area contributed by atoms with Gasteiger partial charge < -0.3 is 9.47 Å². The Morgan fingerprint density at radius 2 is 1.62 bits per heavy atom. The molecule has 1 unspecified atom stereocenters. The highest BCUT2D eigenvalue weighted by molar-refractivity contribution is 6.33. The first-order valence-electron chi connectivity index (χ1n) is 6.55. The van der Waals surface area contributed by atoms with E-state index in [1.165, 1.54) is 0 Å². The Hall–Kier alpha value is -1.09. The summed E-state index contributed by atoms with van der Waals surface area (Å²) < 4.78 is 11.1. The lowest BCUT2D eigenvalue weighted by Gasteiger charge is -2.21. The number of benzene rings is 2. The Morgan fingerprint density at radius 1 is 0.952 bits per heavy atom. The number of hydrogen-bond acceptors (Lipinski definition) is 2. The molecular weight excluding hydrogens is 331 g/mol. The van der Waals surface area contributed by atoms with E-state index >= 15 is 0 Å². The lowest BCUT2D eigenvalue weighted by Crippen LogP contribution is -2.15. The van der Waals surface area contributed by atoms with E-state index in [9.17, 15) is 0 Å². The third kappa shape index (κ3) is 2.94. The number of aryl methyl sites for hydroxylation is 1. The summed E-state index contributed by atoms with van der Waals surface area (Å²) in [6.07, 6.45) is 0. The van der Waals surface area contributed by atoms with Crippen molar-refractivity contribution < 1.29 is 9.47 Å². The first-order chi connectivity index (χ1) is 10.1. The fourth-order valence-electron chi connectivity index (χ4n) is 2.22. The van der Waals surface area contributed by atoms with Gasteiger partial charge in [-0.3, -0.25) is 0 Å². The molecule has 0 radical (unpaired) electrons. The van der Waals surface area contributed by atoms with Crippen molar-refractivity contribution in [2.75, 3.05) is 13.2 Å². The summed E-state index contributed by atoms with van der Waals surface area (Å²) in [7, 11) is 0. The van der Waals surface area contributed by atoms with Gasteiger partial charge >= 0.3 is 0 Å². The summed E-state index contributed by atoms with van der Waals surface area (Å²) in [5.41, 5.74) is 2.69. The molecule has 0 bridgehead atoms.